The summed E-state index contributed by atoms with van der Waals surface area (Å²) in [5.41, 5.74) is 4.38. The maximum absolute atomic E-state index is 14.4. The molecule has 2 N–H and O–H groups in total. The van der Waals surface area contributed by atoms with Crippen LogP contribution < -0.4 is 11.3 Å². The fraction of sp³-hybridized carbons (Fsp3) is 0.412. The van der Waals surface area contributed by atoms with E-state index in [4.69, 9.17) is 9.36 Å². The van der Waals surface area contributed by atoms with Crippen LogP contribution in [0.3, 0.4) is 0 Å². The minimum absolute atomic E-state index is 0.0323. The van der Waals surface area contributed by atoms with Crippen LogP contribution in [0.2, 0.25) is 0 Å². The average molecular weight is 624 g/mol. The molecule has 1 aliphatic carbocycles. The first kappa shape index (κ1) is 29.8. The molecule has 7 rings (SSSR count). The van der Waals surface area contributed by atoms with Gasteiger partial charge in [-0.3, -0.25) is 18.9 Å². The molecule has 0 atom stereocenters. The lowest BCUT2D eigenvalue weighted by Crippen LogP contribution is -2.41. The lowest BCUT2D eigenvalue weighted by molar-refractivity contribution is -0.0528. The zero-order chi connectivity index (χ0) is 32.1. The van der Waals surface area contributed by atoms with Gasteiger partial charge in [-0.1, -0.05) is 72.2 Å². The van der Waals surface area contributed by atoms with E-state index in [1.54, 1.807) is 13.8 Å². The molecule has 12 heteroatoms. The van der Waals surface area contributed by atoms with Gasteiger partial charge in [-0.2, -0.15) is 10.1 Å². The van der Waals surface area contributed by atoms with Gasteiger partial charge in [-0.05, 0) is 62.6 Å². The molecule has 0 amide bonds. The summed E-state index contributed by atoms with van der Waals surface area (Å²) in [4.78, 5) is 39.1. The highest BCUT2D eigenvalue weighted by molar-refractivity contribution is 5.93. The summed E-state index contributed by atoms with van der Waals surface area (Å²) in [6, 6.07) is 15.7. The molecule has 2 aliphatic rings. The number of aliphatic hydroxyl groups is 1. The number of nitrogens with one attached hydrogen (secondary N) is 1. The van der Waals surface area contributed by atoms with Crippen molar-refractivity contribution in [3.05, 3.63) is 92.6 Å². The predicted molar refractivity (Wildman–Crippen MR) is 172 cm³/mol. The molecule has 238 valence electrons. The Balaban J connectivity index is 1.19. The normalized spacial score (nSPS) is 19.9. The number of aryl methyl sites for hydroxylation is 1. The third kappa shape index (κ3) is 5.36. The molecule has 5 aromatic rings. The van der Waals surface area contributed by atoms with Gasteiger partial charge in [0.05, 0.1) is 11.4 Å². The lowest BCUT2D eigenvalue weighted by Gasteiger charge is -2.36. The molecule has 3 aromatic heterocycles. The van der Waals surface area contributed by atoms with E-state index in [-0.39, 0.29) is 11.6 Å². The fourth-order valence-corrected chi connectivity index (χ4v) is 6.88. The molecule has 1 fully saturated rings. The Morgan fingerprint density at radius 3 is 2.46 bits per heavy atom. The molecule has 46 heavy (non-hydrogen) atoms. The smallest absolute Gasteiger partial charge is 0.389 e. The number of hydrogen-bond donors (Lipinski definition) is 2. The van der Waals surface area contributed by atoms with Crippen molar-refractivity contribution in [1.82, 2.24) is 29.3 Å². The molecule has 1 saturated carbocycles. The van der Waals surface area contributed by atoms with Gasteiger partial charge in [0, 0.05) is 30.0 Å². The van der Waals surface area contributed by atoms with Crippen LogP contribution in [0.4, 0.5) is 0 Å². The van der Waals surface area contributed by atoms with Gasteiger partial charge in [0.15, 0.2) is 5.82 Å². The largest absolute Gasteiger partial charge is 0.439 e. The molecule has 2 aromatic carbocycles. The predicted octanol–water partition coefficient (Wildman–Crippen LogP) is 4.85. The second-order valence-corrected chi connectivity index (χ2v) is 13.0. The van der Waals surface area contributed by atoms with E-state index in [0.717, 1.165) is 65.6 Å². The highest BCUT2D eigenvalue weighted by atomic mass is 16.7. The first-order valence-corrected chi connectivity index (χ1v) is 15.8. The van der Waals surface area contributed by atoms with Crippen LogP contribution in [0.25, 0.3) is 28.3 Å². The van der Waals surface area contributed by atoms with Crippen LogP contribution in [0, 0.1) is 0 Å². The van der Waals surface area contributed by atoms with Gasteiger partial charge >= 0.3 is 5.76 Å². The summed E-state index contributed by atoms with van der Waals surface area (Å²) in [5.74, 6) is 0.331. The molecule has 1 aliphatic heterocycles. The number of nitrogens with zero attached hydrogens (tertiary/aromatic N) is 6. The average Bonchev–Trinajstić information content (AvgIpc) is 3.81. The van der Waals surface area contributed by atoms with E-state index in [1.807, 2.05) is 57.6 Å². The van der Waals surface area contributed by atoms with Crippen LogP contribution >= 0.6 is 0 Å². The monoisotopic (exact) mass is 623 g/mol. The third-order valence-corrected chi connectivity index (χ3v) is 9.36. The quantitative estimate of drug-likeness (QED) is 0.249. The second-order valence-electron chi connectivity index (χ2n) is 13.0. The van der Waals surface area contributed by atoms with E-state index in [9.17, 15) is 14.7 Å². The number of benzene rings is 2. The standard InChI is InChI=1S/C34H37N7O5/c1-4-7-27-26(18-21-10-12-22(13-11-21)24-8-5-6-9-25(24)29-37-32(43)45-39-29)30(42)40(31-35-20-36-41(27)31)23-14-16-34(17-15-23)19-28(38-46-34)33(2,3)44/h5-6,8-13,20,23,44H,4,7,14-19H2,1-3H3,(H,37,39,43)/t23-,34-. The second kappa shape index (κ2) is 11.5. The van der Waals surface area contributed by atoms with E-state index in [1.165, 1.54) is 6.33 Å². The van der Waals surface area contributed by atoms with Crippen molar-refractivity contribution in [2.24, 2.45) is 5.16 Å². The molecule has 0 saturated heterocycles. The van der Waals surface area contributed by atoms with Crippen molar-refractivity contribution in [1.29, 1.82) is 0 Å². The van der Waals surface area contributed by atoms with Crippen LogP contribution in [0.1, 0.15) is 82.2 Å². The van der Waals surface area contributed by atoms with Crippen molar-refractivity contribution < 1.29 is 14.5 Å². The number of rotatable bonds is 8. The van der Waals surface area contributed by atoms with Gasteiger partial charge in [0.1, 0.15) is 17.5 Å². The Hall–Kier alpha value is -4.84. The maximum atomic E-state index is 14.4. The van der Waals surface area contributed by atoms with Gasteiger partial charge < -0.3 is 9.94 Å². The van der Waals surface area contributed by atoms with Gasteiger partial charge in [0.2, 0.25) is 5.78 Å². The molecule has 4 heterocycles. The molecule has 0 unspecified atom stereocenters. The minimum atomic E-state index is -1.02. The zero-order valence-electron chi connectivity index (χ0n) is 26.2. The highest BCUT2D eigenvalue weighted by Gasteiger charge is 2.46. The number of fused-ring (bicyclic) bond motifs is 1. The van der Waals surface area contributed by atoms with Crippen LogP contribution in [-0.2, 0) is 17.7 Å². The topological polar surface area (TPSA) is 153 Å². The summed E-state index contributed by atoms with van der Waals surface area (Å²) in [7, 11) is 0. The molecular weight excluding hydrogens is 586 g/mol. The Bertz CT molecular complexity index is 2040. The van der Waals surface area contributed by atoms with E-state index < -0.39 is 17.0 Å². The fourth-order valence-electron chi connectivity index (χ4n) is 6.88. The number of hydrogen-bond acceptors (Lipinski definition) is 9. The van der Waals surface area contributed by atoms with E-state index in [0.29, 0.717) is 36.6 Å². The summed E-state index contributed by atoms with van der Waals surface area (Å²) in [5, 5.41) is 23.1. The number of aromatic nitrogens is 6. The van der Waals surface area contributed by atoms with Gasteiger partial charge in [0.25, 0.3) is 5.56 Å². The Labute approximate surface area is 264 Å². The molecule has 0 radical (unpaired) electrons. The van der Waals surface area contributed by atoms with Crippen molar-refractivity contribution >= 4 is 11.5 Å². The molecule has 0 bridgehead atoms. The first-order valence-electron chi connectivity index (χ1n) is 15.8. The van der Waals surface area contributed by atoms with Gasteiger partial charge in [-0.15, -0.1) is 0 Å². The number of H-pyrrole nitrogens is 1. The number of oxime groups is 1. The SMILES string of the molecule is CCCc1c(Cc2ccc(-c3ccccc3-c3noc(=O)[nH]3)cc2)c(=O)n([C@H]2CC[C@]3(CC2)CC(C(C)(C)O)=NO3)c2ncnn12. The van der Waals surface area contributed by atoms with Crippen LogP contribution in [0.5, 0.6) is 0 Å². The maximum Gasteiger partial charge on any atom is 0.439 e. The summed E-state index contributed by atoms with van der Waals surface area (Å²) < 4.78 is 8.41. The van der Waals surface area contributed by atoms with Crippen LogP contribution in [0.15, 0.2) is 74.1 Å². The van der Waals surface area contributed by atoms with Crippen LogP contribution in [-0.4, -0.2) is 51.3 Å². The molecular formula is C34H37N7O5. The molecule has 1 spiro atoms. The summed E-state index contributed by atoms with van der Waals surface area (Å²) in [6.07, 6.45) is 7.04. The number of aromatic amines is 1. The first-order chi connectivity index (χ1) is 22.2. The Morgan fingerprint density at radius 2 is 1.80 bits per heavy atom. The lowest BCUT2D eigenvalue weighted by atomic mass is 9.77. The Morgan fingerprint density at radius 1 is 1.07 bits per heavy atom. The van der Waals surface area contributed by atoms with E-state index >= 15 is 0 Å². The van der Waals surface area contributed by atoms with Crippen molar-refractivity contribution in [3.63, 3.8) is 0 Å². The molecule has 12 nitrogen and oxygen atoms in total. The zero-order valence-corrected chi connectivity index (χ0v) is 26.2. The van der Waals surface area contributed by atoms with Crippen molar-refractivity contribution in [2.75, 3.05) is 0 Å². The highest BCUT2D eigenvalue weighted by Crippen LogP contribution is 2.43. The Kier molecular flexibility index (Phi) is 7.47. The summed E-state index contributed by atoms with van der Waals surface area (Å²) >= 11 is 0. The minimum Gasteiger partial charge on any atom is -0.389 e. The van der Waals surface area contributed by atoms with Gasteiger partial charge in [-0.25, -0.2) is 9.31 Å². The van der Waals surface area contributed by atoms with E-state index in [2.05, 4.69) is 32.3 Å². The third-order valence-electron chi connectivity index (χ3n) is 9.36. The van der Waals surface area contributed by atoms with Crippen molar-refractivity contribution in [3.8, 4) is 22.5 Å². The van der Waals surface area contributed by atoms with Crippen molar-refractivity contribution in [2.45, 2.75) is 89.4 Å². The summed E-state index contributed by atoms with van der Waals surface area (Å²) in [6.45, 7) is 5.56.